The summed E-state index contributed by atoms with van der Waals surface area (Å²) in [6.07, 6.45) is 0. The molecule has 0 atom stereocenters. The number of nitrogens with one attached hydrogen (secondary N) is 1. The van der Waals surface area contributed by atoms with Crippen LogP contribution in [-0.2, 0) is 14.3 Å². The highest BCUT2D eigenvalue weighted by Crippen LogP contribution is 2.19. The Balaban J connectivity index is 2.10. The number of carbonyl (C=O) groups excluding carboxylic acids is 3. The van der Waals surface area contributed by atoms with Crippen LogP contribution in [0.5, 0.6) is 0 Å². The molecule has 1 amide bonds. The molecule has 9 nitrogen and oxygen atoms in total. The zero-order chi connectivity index (χ0) is 20.0. The van der Waals surface area contributed by atoms with Gasteiger partial charge in [0.05, 0.1) is 28.8 Å². The van der Waals surface area contributed by atoms with E-state index in [2.05, 4.69) is 10.1 Å². The largest absolute Gasteiger partial charge is 0.465 e. The number of amides is 1. The number of nitrogens with zero attached hydrogens (tertiary/aromatic N) is 1. The number of para-hydroxylation sites is 1. The third kappa shape index (κ3) is 5.48. The van der Waals surface area contributed by atoms with E-state index in [4.69, 9.17) is 4.74 Å². The van der Waals surface area contributed by atoms with Crippen LogP contribution < -0.4 is 5.32 Å². The maximum absolute atomic E-state index is 12.1. The number of nitro groups is 1. The number of non-ortho nitro benzene ring substituents is 1. The van der Waals surface area contributed by atoms with Crippen molar-refractivity contribution in [3.05, 3.63) is 67.3 Å². The number of rotatable bonds is 6. The van der Waals surface area contributed by atoms with E-state index in [0.717, 1.165) is 28.9 Å². The van der Waals surface area contributed by atoms with E-state index in [9.17, 15) is 24.5 Å². The lowest BCUT2D eigenvalue weighted by Gasteiger charge is -2.08. The number of halogens is 1. The van der Waals surface area contributed by atoms with Crippen molar-refractivity contribution >= 4 is 51.8 Å². The minimum Gasteiger partial charge on any atom is -0.465 e. The van der Waals surface area contributed by atoms with Crippen molar-refractivity contribution in [1.29, 1.82) is 0 Å². The molecular weight excluding hydrogens is 471 g/mol. The monoisotopic (exact) mass is 484 g/mol. The van der Waals surface area contributed by atoms with Gasteiger partial charge >= 0.3 is 11.9 Å². The predicted octanol–water partition coefficient (Wildman–Crippen LogP) is 2.78. The first-order chi connectivity index (χ1) is 12.8. The zero-order valence-corrected chi connectivity index (χ0v) is 16.1. The summed E-state index contributed by atoms with van der Waals surface area (Å²) in [5, 5.41) is 13.6. The molecule has 0 heterocycles. The number of esters is 2. The van der Waals surface area contributed by atoms with Crippen LogP contribution in [0.15, 0.2) is 42.5 Å². The first-order valence-corrected chi connectivity index (χ1v) is 8.49. The van der Waals surface area contributed by atoms with Crippen molar-refractivity contribution in [2.45, 2.75) is 0 Å². The van der Waals surface area contributed by atoms with Gasteiger partial charge in [0, 0.05) is 15.7 Å². The summed E-state index contributed by atoms with van der Waals surface area (Å²) in [6, 6.07) is 10.0. The summed E-state index contributed by atoms with van der Waals surface area (Å²) in [7, 11) is 1.11. The molecular formula is C17H13IN2O7. The van der Waals surface area contributed by atoms with Crippen LogP contribution in [0.1, 0.15) is 20.7 Å². The second-order valence-corrected chi connectivity index (χ2v) is 6.28. The first-order valence-electron chi connectivity index (χ1n) is 7.41. The van der Waals surface area contributed by atoms with Crippen LogP contribution in [0.25, 0.3) is 0 Å². The lowest BCUT2D eigenvalue weighted by atomic mass is 10.1. The Morgan fingerprint density at radius 3 is 2.33 bits per heavy atom. The standard InChI is InChI=1S/C17H13IN2O7/c1-26-16(22)10-6-11(8-12(7-10)20(24)25)17(23)27-9-15(21)19-14-5-3-2-4-13(14)18/h2-8H,9H2,1H3,(H,19,21). The molecule has 0 aromatic heterocycles. The van der Waals surface area contributed by atoms with Crippen LogP contribution in [0, 0.1) is 13.7 Å². The van der Waals surface area contributed by atoms with Gasteiger partial charge in [0.15, 0.2) is 6.61 Å². The van der Waals surface area contributed by atoms with Crippen molar-refractivity contribution in [1.82, 2.24) is 0 Å². The summed E-state index contributed by atoms with van der Waals surface area (Å²) in [4.78, 5) is 45.9. The van der Waals surface area contributed by atoms with Crippen molar-refractivity contribution in [3.8, 4) is 0 Å². The quantitative estimate of drug-likeness (QED) is 0.289. The molecule has 0 aliphatic rings. The van der Waals surface area contributed by atoms with Crippen molar-refractivity contribution < 1.29 is 28.8 Å². The molecule has 0 aliphatic heterocycles. The molecule has 0 aliphatic carbocycles. The lowest BCUT2D eigenvalue weighted by molar-refractivity contribution is -0.384. The number of methoxy groups -OCH3 is 1. The lowest BCUT2D eigenvalue weighted by Crippen LogP contribution is -2.21. The van der Waals surface area contributed by atoms with Gasteiger partial charge in [-0.3, -0.25) is 14.9 Å². The van der Waals surface area contributed by atoms with Gasteiger partial charge in [-0.05, 0) is 40.8 Å². The second-order valence-electron chi connectivity index (χ2n) is 5.12. The molecule has 0 fully saturated rings. The van der Waals surface area contributed by atoms with E-state index in [1.165, 1.54) is 0 Å². The molecule has 2 aromatic carbocycles. The molecule has 0 bridgehead atoms. The number of benzene rings is 2. The molecule has 0 radical (unpaired) electrons. The smallest absolute Gasteiger partial charge is 0.338 e. The summed E-state index contributed by atoms with van der Waals surface area (Å²) in [5.41, 5.74) is -0.343. The fraction of sp³-hybridized carbons (Fsp3) is 0.118. The number of hydrogen-bond acceptors (Lipinski definition) is 7. The average Bonchev–Trinajstić information content (AvgIpc) is 2.66. The first kappa shape index (κ1) is 20.3. The summed E-state index contributed by atoms with van der Waals surface area (Å²) in [6.45, 7) is -0.597. The van der Waals surface area contributed by atoms with Gasteiger partial charge in [-0.25, -0.2) is 9.59 Å². The SMILES string of the molecule is COC(=O)c1cc(C(=O)OCC(=O)Nc2ccccc2I)cc([N+](=O)[O-])c1. The van der Waals surface area contributed by atoms with E-state index in [0.29, 0.717) is 5.69 Å². The summed E-state index contributed by atoms with van der Waals surface area (Å²) in [5.74, 6) is -2.41. The molecule has 0 unspecified atom stereocenters. The average molecular weight is 484 g/mol. The molecule has 0 saturated heterocycles. The van der Waals surface area contributed by atoms with Gasteiger partial charge < -0.3 is 14.8 Å². The number of nitro benzene ring substituents is 1. The topological polar surface area (TPSA) is 125 Å². The Morgan fingerprint density at radius 1 is 1.11 bits per heavy atom. The number of ether oxygens (including phenoxy) is 2. The zero-order valence-electron chi connectivity index (χ0n) is 13.9. The van der Waals surface area contributed by atoms with Gasteiger partial charge in [0.2, 0.25) is 0 Å². The summed E-state index contributed by atoms with van der Waals surface area (Å²) < 4.78 is 10.2. The normalized spacial score (nSPS) is 10.0. The molecule has 0 saturated carbocycles. The van der Waals surface area contributed by atoms with Gasteiger partial charge in [0.25, 0.3) is 11.6 Å². The van der Waals surface area contributed by atoms with Gasteiger partial charge in [-0.2, -0.15) is 0 Å². The Labute approximate surface area is 166 Å². The van der Waals surface area contributed by atoms with Crippen LogP contribution >= 0.6 is 22.6 Å². The second kappa shape index (κ2) is 9.07. The highest BCUT2D eigenvalue weighted by atomic mass is 127. The van der Waals surface area contributed by atoms with Gasteiger partial charge in [-0.15, -0.1) is 0 Å². The molecule has 1 N–H and O–H groups in total. The Kier molecular flexibility index (Phi) is 6.82. The number of carbonyl (C=O) groups is 3. The third-order valence-electron chi connectivity index (χ3n) is 3.27. The highest BCUT2D eigenvalue weighted by Gasteiger charge is 2.20. The maximum Gasteiger partial charge on any atom is 0.338 e. The van der Waals surface area contributed by atoms with E-state index >= 15 is 0 Å². The van der Waals surface area contributed by atoms with E-state index in [1.807, 2.05) is 22.6 Å². The van der Waals surface area contributed by atoms with E-state index < -0.39 is 35.1 Å². The predicted molar refractivity (Wildman–Crippen MR) is 103 cm³/mol. The molecule has 27 heavy (non-hydrogen) atoms. The van der Waals surface area contributed by atoms with Crippen LogP contribution in [0.4, 0.5) is 11.4 Å². The molecule has 2 aromatic rings. The summed E-state index contributed by atoms with van der Waals surface area (Å²) >= 11 is 2.04. The molecule has 2 rings (SSSR count). The van der Waals surface area contributed by atoms with E-state index in [1.54, 1.807) is 24.3 Å². The molecule has 0 spiro atoms. The van der Waals surface area contributed by atoms with Crippen molar-refractivity contribution in [2.24, 2.45) is 0 Å². The maximum atomic E-state index is 12.1. The minimum absolute atomic E-state index is 0.179. The highest BCUT2D eigenvalue weighted by molar-refractivity contribution is 14.1. The van der Waals surface area contributed by atoms with Gasteiger partial charge in [-0.1, -0.05) is 12.1 Å². The van der Waals surface area contributed by atoms with Crippen molar-refractivity contribution in [3.63, 3.8) is 0 Å². The molecule has 10 heteroatoms. The van der Waals surface area contributed by atoms with Gasteiger partial charge in [0.1, 0.15) is 0 Å². The Hall–Kier alpha value is -3.02. The Bertz CT molecular complexity index is 914. The van der Waals surface area contributed by atoms with Crippen LogP contribution in [0.3, 0.4) is 0 Å². The third-order valence-corrected chi connectivity index (χ3v) is 4.21. The van der Waals surface area contributed by atoms with Crippen LogP contribution in [-0.4, -0.2) is 36.5 Å². The Morgan fingerprint density at radius 2 is 1.74 bits per heavy atom. The fourth-order valence-electron chi connectivity index (χ4n) is 2.03. The minimum atomic E-state index is -0.984. The number of hydrogen-bond donors (Lipinski definition) is 1. The van der Waals surface area contributed by atoms with Crippen molar-refractivity contribution in [2.75, 3.05) is 19.0 Å². The number of anilines is 1. The van der Waals surface area contributed by atoms with Crippen LogP contribution in [0.2, 0.25) is 0 Å². The fourth-order valence-corrected chi connectivity index (χ4v) is 2.56. The molecule has 140 valence electrons. The van der Waals surface area contributed by atoms with E-state index in [-0.39, 0.29) is 11.1 Å².